The third kappa shape index (κ3) is 3.92. The summed E-state index contributed by atoms with van der Waals surface area (Å²) in [6.45, 7) is 0.858. The van der Waals surface area contributed by atoms with E-state index in [4.69, 9.17) is 4.74 Å². The molecule has 0 spiro atoms. The van der Waals surface area contributed by atoms with Gasteiger partial charge in [-0.1, -0.05) is 24.3 Å². The monoisotopic (exact) mass is 364 g/mol. The second kappa shape index (κ2) is 7.27. The van der Waals surface area contributed by atoms with E-state index in [0.717, 1.165) is 23.4 Å². The van der Waals surface area contributed by atoms with Gasteiger partial charge in [-0.15, -0.1) is 0 Å². The summed E-state index contributed by atoms with van der Waals surface area (Å²) >= 11 is 0. The van der Waals surface area contributed by atoms with Crippen LogP contribution in [0.1, 0.15) is 22.7 Å². The first-order chi connectivity index (χ1) is 12.4. The van der Waals surface area contributed by atoms with Gasteiger partial charge in [0.2, 0.25) is 0 Å². The van der Waals surface area contributed by atoms with Gasteiger partial charge < -0.3 is 15.0 Å². The van der Waals surface area contributed by atoms with E-state index >= 15 is 0 Å². The minimum atomic E-state index is -4.36. The van der Waals surface area contributed by atoms with Crippen LogP contribution in [0.2, 0.25) is 0 Å². The molecule has 1 aliphatic rings. The van der Waals surface area contributed by atoms with Gasteiger partial charge in [0.15, 0.2) is 0 Å². The molecule has 26 heavy (non-hydrogen) atoms. The highest BCUT2D eigenvalue weighted by Gasteiger charge is 2.33. The number of hydrogen-bond donors (Lipinski definition) is 1. The highest BCUT2D eigenvalue weighted by molar-refractivity contribution is 5.77. The maximum absolute atomic E-state index is 12.7. The molecule has 1 N–H and O–H groups in total. The van der Waals surface area contributed by atoms with E-state index in [2.05, 4.69) is 5.32 Å². The fourth-order valence-corrected chi connectivity index (χ4v) is 3.03. The van der Waals surface area contributed by atoms with Crippen molar-refractivity contribution in [1.82, 2.24) is 10.2 Å². The van der Waals surface area contributed by atoms with Crippen molar-refractivity contribution >= 4 is 6.03 Å². The Kier molecular flexibility index (Phi) is 5.06. The molecule has 7 heteroatoms. The average Bonchev–Trinajstić information content (AvgIpc) is 3.00. The van der Waals surface area contributed by atoms with Gasteiger partial charge in [0.05, 0.1) is 18.7 Å². The number of nitrogens with one attached hydrogen (secondary N) is 1. The topological polar surface area (TPSA) is 41.6 Å². The van der Waals surface area contributed by atoms with Gasteiger partial charge in [-0.2, -0.15) is 13.2 Å². The van der Waals surface area contributed by atoms with Crippen LogP contribution in [0.15, 0.2) is 48.5 Å². The summed E-state index contributed by atoms with van der Waals surface area (Å²) in [5, 5.41) is 2.76. The summed E-state index contributed by atoms with van der Waals surface area (Å²) in [5.41, 5.74) is 1.05. The van der Waals surface area contributed by atoms with Crippen LogP contribution < -0.4 is 10.1 Å². The van der Waals surface area contributed by atoms with E-state index in [0.29, 0.717) is 25.1 Å². The Hall–Kier alpha value is -2.70. The second-order valence-electron chi connectivity index (χ2n) is 6.11. The van der Waals surface area contributed by atoms with Crippen molar-refractivity contribution in [2.75, 3.05) is 20.2 Å². The van der Waals surface area contributed by atoms with E-state index in [1.807, 2.05) is 24.3 Å². The Bertz CT molecular complexity index is 758. The first-order valence-electron chi connectivity index (χ1n) is 8.23. The molecule has 0 radical (unpaired) electrons. The Balaban J connectivity index is 1.70. The summed E-state index contributed by atoms with van der Waals surface area (Å²) in [6, 6.07) is 12.1. The molecule has 1 atom stereocenters. The number of rotatable bonds is 5. The Morgan fingerprint density at radius 1 is 1.12 bits per heavy atom. The zero-order valence-electron chi connectivity index (χ0n) is 14.2. The molecule has 1 unspecified atom stereocenters. The smallest absolute Gasteiger partial charge is 0.416 e. The molecule has 1 saturated heterocycles. The summed E-state index contributed by atoms with van der Waals surface area (Å²) in [4.78, 5) is 13.8. The maximum Gasteiger partial charge on any atom is 0.416 e. The van der Waals surface area contributed by atoms with Crippen LogP contribution in [-0.4, -0.2) is 31.1 Å². The lowest BCUT2D eigenvalue weighted by Crippen LogP contribution is -2.31. The highest BCUT2D eigenvalue weighted by Crippen LogP contribution is 2.31. The number of benzene rings is 2. The second-order valence-corrected chi connectivity index (χ2v) is 6.11. The average molecular weight is 364 g/mol. The number of halogens is 3. The summed E-state index contributed by atoms with van der Waals surface area (Å²) in [5.74, 6) is 0.760. The fourth-order valence-electron chi connectivity index (χ4n) is 3.03. The van der Waals surface area contributed by atoms with Gasteiger partial charge in [0.1, 0.15) is 5.75 Å². The molecule has 1 fully saturated rings. The molecular formula is C19H19F3N2O2. The lowest BCUT2D eigenvalue weighted by Gasteiger charge is -2.24. The van der Waals surface area contributed by atoms with Gasteiger partial charge >= 0.3 is 12.2 Å². The molecular weight excluding hydrogens is 345 g/mol. The molecule has 4 nitrogen and oxygen atoms in total. The summed E-state index contributed by atoms with van der Waals surface area (Å²) in [6.07, 6.45) is -3.72. The van der Waals surface area contributed by atoms with Crippen LogP contribution in [0.25, 0.3) is 0 Å². The van der Waals surface area contributed by atoms with E-state index in [1.54, 1.807) is 12.0 Å². The largest absolute Gasteiger partial charge is 0.497 e. The zero-order chi connectivity index (χ0) is 18.7. The number of alkyl halides is 3. The first-order valence-corrected chi connectivity index (χ1v) is 8.23. The van der Waals surface area contributed by atoms with Crippen LogP contribution >= 0.6 is 0 Å². The van der Waals surface area contributed by atoms with Crippen molar-refractivity contribution in [2.45, 2.75) is 18.6 Å². The Labute approximate surface area is 149 Å². The number of nitrogens with zero attached hydrogens (tertiary/aromatic N) is 1. The highest BCUT2D eigenvalue weighted by atomic mass is 19.4. The third-order valence-electron chi connectivity index (χ3n) is 4.51. The van der Waals surface area contributed by atoms with Crippen molar-refractivity contribution in [2.24, 2.45) is 0 Å². The maximum atomic E-state index is 12.7. The van der Waals surface area contributed by atoms with Crippen molar-refractivity contribution in [3.05, 3.63) is 65.2 Å². The predicted octanol–water partition coefficient (Wildman–Crippen LogP) is 4.02. The molecule has 3 rings (SSSR count). The number of carbonyl (C=O) groups is 1. The normalized spacial score (nSPS) is 17.3. The molecule has 2 amide bonds. The van der Waals surface area contributed by atoms with Gasteiger partial charge in [-0.25, -0.2) is 4.79 Å². The van der Waals surface area contributed by atoms with Crippen LogP contribution in [0.5, 0.6) is 5.75 Å². The lowest BCUT2D eigenvalue weighted by molar-refractivity contribution is -0.137. The SMILES string of the molecule is COc1ccc(CCN2C(=O)NCC2c2ccc(C(F)(F)F)cc2)cc1. The third-order valence-corrected chi connectivity index (χ3v) is 4.51. The van der Waals surface area contributed by atoms with E-state index in [9.17, 15) is 18.0 Å². The number of hydrogen-bond acceptors (Lipinski definition) is 2. The molecule has 0 saturated carbocycles. The number of carbonyl (C=O) groups excluding carboxylic acids is 1. The minimum Gasteiger partial charge on any atom is -0.497 e. The fraction of sp³-hybridized carbons (Fsp3) is 0.316. The van der Waals surface area contributed by atoms with E-state index in [1.165, 1.54) is 12.1 Å². The minimum absolute atomic E-state index is 0.205. The molecule has 0 aromatic heterocycles. The van der Waals surface area contributed by atoms with E-state index < -0.39 is 11.7 Å². The summed E-state index contributed by atoms with van der Waals surface area (Å²) < 4.78 is 43.3. The van der Waals surface area contributed by atoms with Crippen molar-refractivity contribution in [3.63, 3.8) is 0 Å². The van der Waals surface area contributed by atoms with Gasteiger partial charge in [-0.3, -0.25) is 0 Å². The first kappa shape index (κ1) is 18.1. The van der Waals surface area contributed by atoms with Gasteiger partial charge in [0, 0.05) is 13.1 Å². The molecule has 138 valence electrons. The van der Waals surface area contributed by atoms with Crippen LogP contribution in [-0.2, 0) is 12.6 Å². The Morgan fingerprint density at radius 2 is 1.77 bits per heavy atom. The quantitative estimate of drug-likeness (QED) is 0.871. The number of ether oxygens (including phenoxy) is 1. The molecule has 1 aliphatic heterocycles. The molecule has 0 bridgehead atoms. The molecule has 2 aromatic carbocycles. The number of urea groups is 1. The van der Waals surface area contributed by atoms with Gasteiger partial charge in [0.25, 0.3) is 0 Å². The van der Waals surface area contributed by atoms with Crippen molar-refractivity contribution in [3.8, 4) is 5.75 Å². The molecule has 0 aliphatic carbocycles. The molecule has 2 aromatic rings. The standard InChI is InChI=1S/C19H19F3N2O2/c1-26-16-8-2-13(3-9-16)10-11-24-17(12-23-18(24)25)14-4-6-15(7-5-14)19(20,21)22/h2-9,17H,10-12H2,1H3,(H,23,25). The number of methoxy groups -OCH3 is 1. The van der Waals surface area contributed by atoms with Crippen LogP contribution in [0, 0.1) is 0 Å². The zero-order valence-corrected chi connectivity index (χ0v) is 14.2. The lowest BCUT2D eigenvalue weighted by atomic mass is 10.0. The summed E-state index contributed by atoms with van der Waals surface area (Å²) in [7, 11) is 1.60. The van der Waals surface area contributed by atoms with Crippen molar-refractivity contribution in [1.29, 1.82) is 0 Å². The van der Waals surface area contributed by atoms with Crippen molar-refractivity contribution < 1.29 is 22.7 Å². The number of amides is 2. The van der Waals surface area contributed by atoms with Crippen LogP contribution in [0.3, 0.4) is 0 Å². The molecule has 1 heterocycles. The predicted molar refractivity (Wildman–Crippen MR) is 91.0 cm³/mol. The van der Waals surface area contributed by atoms with E-state index in [-0.39, 0.29) is 12.1 Å². The van der Waals surface area contributed by atoms with Gasteiger partial charge in [-0.05, 0) is 41.8 Å². The van der Waals surface area contributed by atoms with Crippen LogP contribution in [0.4, 0.5) is 18.0 Å². The Morgan fingerprint density at radius 3 is 2.35 bits per heavy atom.